The molecule has 31 heavy (non-hydrogen) atoms. The van der Waals surface area contributed by atoms with Crippen molar-refractivity contribution in [1.29, 1.82) is 0 Å². The monoisotopic (exact) mass is 521 g/mol. The summed E-state index contributed by atoms with van der Waals surface area (Å²) >= 11 is 10.3. The Hall–Kier alpha value is -3.02. The summed E-state index contributed by atoms with van der Waals surface area (Å²) in [4.78, 5) is 24.3. The first-order chi connectivity index (χ1) is 15.0. The number of benzene rings is 2. The highest BCUT2D eigenvalue weighted by Crippen LogP contribution is 2.36. The molecule has 2 amide bonds. The molecule has 0 bridgehead atoms. The SMILES string of the molecule is O=C(Cc1nnc(NC(=O)c2ccc(Cl)cc2)s1)N/N=C/c1cc2c(cc1Br)OCO2. The number of nitrogens with zero attached hydrogens (tertiary/aromatic N) is 3. The zero-order chi connectivity index (χ0) is 21.8. The normalized spacial score (nSPS) is 12.2. The number of aromatic nitrogens is 2. The van der Waals surface area contributed by atoms with Crippen molar-refractivity contribution < 1.29 is 19.1 Å². The number of hydrazone groups is 1. The minimum Gasteiger partial charge on any atom is -0.454 e. The maximum Gasteiger partial charge on any atom is 0.257 e. The van der Waals surface area contributed by atoms with E-state index in [1.54, 1.807) is 36.4 Å². The van der Waals surface area contributed by atoms with Crippen LogP contribution < -0.4 is 20.2 Å². The molecule has 0 aliphatic carbocycles. The maximum absolute atomic E-state index is 12.2. The van der Waals surface area contributed by atoms with Gasteiger partial charge in [0.1, 0.15) is 5.01 Å². The highest BCUT2D eigenvalue weighted by molar-refractivity contribution is 9.10. The summed E-state index contributed by atoms with van der Waals surface area (Å²) in [7, 11) is 0. The van der Waals surface area contributed by atoms with Crippen LogP contribution in [0.1, 0.15) is 20.9 Å². The lowest BCUT2D eigenvalue weighted by Gasteiger charge is -2.02. The van der Waals surface area contributed by atoms with Crippen molar-refractivity contribution in [2.45, 2.75) is 6.42 Å². The van der Waals surface area contributed by atoms with E-state index >= 15 is 0 Å². The van der Waals surface area contributed by atoms with Crippen molar-refractivity contribution in [1.82, 2.24) is 15.6 Å². The molecule has 0 atom stereocenters. The van der Waals surface area contributed by atoms with Gasteiger partial charge in [-0.1, -0.05) is 22.9 Å². The van der Waals surface area contributed by atoms with Crippen LogP contribution in [0.5, 0.6) is 11.5 Å². The molecule has 3 aromatic rings. The average Bonchev–Trinajstić information content (AvgIpc) is 3.37. The molecule has 0 spiro atoms. The second kappa shape index (κ2) is 9.41. The number of halogens is 2. The molecule has 4 rings (SSSR count). The van der Waals surface area contributed by atoms with Crippen molar-refractivity contribution in [3.8, 4) is 11.5 Å². The molecule has 1 aliphatic heterocycles. The minimum atomic E-state index is -0.375. The number of amides is 2. The molecule has 0 radical (unpaired) electrons. The van der Waals surface area contributed by atoms with Gasteiger partial charge in [-0.3, -0.25) is 14.9 Å². The summed E-state index contributed by atoms with van der Waals surface area (Å²) in [5, 5.41) is 15.6. The molecule has 9 nitrogen and oxygen atoms in total. The molecule has 12 heteroatoms. The van der Waals surface area contributed by atoms with Crippen LogP contribution in [-0.4, -0.2) is 35.0 Å². The lowest BCUT2D eigenvalue weighted by Crippen LogP contribution is -2.19. The molecule has 0 unspecified atom stereocenters. The standard InChI is InChI=1S/C19H13BrClN5O4S/c20-13-6-15-14(29-9-30-15)5-11(13)8-22-24-16(27)7-17-25-26-19(31-17)23-18(28)10-1-3-12(21)4-2-10/h1-6,8H,7,9H2,(H,24,27)(H,23,26,28)/b22-8+. The first-order valence-corrected chi connectivity index (χ1v) is 10.8. The van der Waals surface area contributed by atoms with E-state index in [1.807, 2.05) is 0 Å². The van der Waals surface area contributed by atoms with Gasteiger partial charge in [-0.15, -0.1) is 10.2 Å². The first kappa shape index (κ1) is 21.2. The fourth-order valence-corrected chi connectivity index (χ4v) is 3.81. The summed E-state index contributed by atoms with van der Waals surface area (Å²) in [5.74, 6) is 0.531. The Morgan fingerprint density at radius 3 is 2.71 bits per heavy atom. The molecule has 0 saturated heterocycles. The zero-order valence-corrected chi connectivity index (χ0v) is 18.8. The molecule has 0 saturated carbocycles. The van der Waals surface area contributed by atoms with Gasteiger partial charge in [-0.05, 0) is 52.3 Å². The second-order valence-corrected chi connectivity index (χ2v) is 8.51. The fraction of sp³-hybridized carbons (Fsp3) is 0.105. The van der Waals surface area contributed by atoms with Crippen molar-refractivity contribution in [2.24, 2.45) is 5.10 Å². The number of carbonyl (C=O) groups is 2. The lowest BCUT2D eigenvalue weighted by molar-refractivity contribution is -0.120. The molecule has 158 valence electrons. The van der Waals surface area contributed by atoms with Gasteiger partial charge < -0.3 is 9.47 Å². The zero-order valence-electron chi connectivity index (χ0n) is 15.6. The van der Waals surface area contributed by atoms with Crippen molar-refractivity contribution >= 4 is 62.0 Å². The number of anilines is 1. The summed E-state index contributed by atoms with van der Waals surface area (Å²) < 4.78 is 11.4. The van der Waals surface area contributed by atoms with Gasteiger partial charge in [-0.2, -0.15) is 5.10 Å². The highest BCUT2D eigenvalue weighted by Gasteiger charge is 2.16. The van der Waals surface area contributed by atoms with Gasteiger partial charge >= 0.3 is 0 Å². The Labute approximate surface area is 193 Å². The Morgan fingerprint density at radius 2 is 1.94 bits per heavy atom. The number of hydrogen-bond donors (Lipinski definition) is 2. The number of fused-ring (bicyclic) bond motifs is 1. The molecular weight excluding hydrogens is 510 g/mol. The number of ether oxygens (including phenoxy) is 2. The van der Waals surface area contributed by atoms with E-state index in [2.05, 4.69) is 42.0 Å². The quantitative estimate of drug-likeness (QED) is 0.377. The van der Waals surface area contributed by atoms with Crippen molar-refractivity contribution in [3.05, 3.63) is 62.0 Å². The molecule has 1 aliphatic rings. The van der Waals surface area contributed by atoms with Crippen LogP contribution in [0.3, 0.4) is 0 Å². The number of nitrogens with one attached hydrogen (secondary N) is 2. The largest absolute Gasteiger partial charge is 0.454 e. The van der Waals surface area contributed by atoms with E-state index in [4.69, 9.17) is 21.1 Å². The third-order valence-corrected chi connectivity index (χ3v) is 5.77. The molecule has 1 aromatic heterocycles. The third-order valence-electron chi connectivity index (χ3n) is 3.99. The van der Waals surface area contributed by atoms with Crippen LogP contribution in [0.15, 0.2) is 46.0 Å². The average molecular weight is 523 g/mol. The summed E-state index contributed by atoms with van der Waals surface area (Å²) in [6.45, 7) is 0.170. The van der Waals surface area contributed by atoms with Crippen LogP contribution in [0, 0.1) is 0 Å². The van der Waals surface area contributed by atoms with Gasteiger partial charge in [0.15, 0.2) is 11.5 Å². The van der Waals surface area contributed by atoms with Crippen molar-refractivity contribution in [3.63, 3.8) is 0 Å². The second-order valence-electron chi connectivity index (χ2n) is 6.16. The van der Waals surface area contributed by atoms with E-state index in [0.29, 0.717) is 32.7 Å². The Bertz CT molecular complexity index is 1170. The van der Waals surface area contributed by atoms with E-state index in [0.717, 1.165) is 15.8 Å². The highest BCUT2D eigenvalue weighted by atomic mass is 79.9. The molecular formula is C19H13BrClN5O4S. The molecule has 2 N–H and O–H groups in total. The topological polar surface area (TPSA) is 115 Å². The molecule has 0 fully saturated rings. The van der Waals surface area contributed by atoms with Gasteiger partial charge in [0.2, 0.25) is 17.8 Å². The Morgan fingerprint density at radius 1 is 1.19 bits per heavy atom. The fourth-order valence-electron chi connectivity index (χ4n) is 2.53. The predicted molar refractivity (Wildman–Crippen MR) is 119 cm³/mol. The Kier molecular flexibility index (Phi) is 6.44. The lowest BCUT2D eigenvalue weighted by atomic mass is 10.2. The van der Waals surface area contributed by atoms with Gasteiger partial charge in [0.05, 0.1) is 12.6 Å². The third kappa shape index (κ3) is 5.37. The van der Waals surface area contributed by atoms with Crippen molar-refractivity contribution in [2.75, 3.05) is 12.1 Å². The van der Waals surface area contributed by atoms with Gasteiger partial charge in [0, 0.05) is 20.6 Å². The van der Waals surface area contributed by atoms with Crippen LogP contribution in [0.4, 0.5) is 5.13 Å². The van der Waals surface area contributed by atoms with E-state index in [9.17, 15) is 9.59 Å². The molecule has 2 aromatic carbocycles. The number of rotatable bonds is 6. The molecule has 2 heterocycles. The van der Waals surface area contributed by atoms with Crippen LogP contribution >= 0.6 is 38.9 Å². The van der Waals surface area contributed by atoms with Crippen LogP contribution in [-0.2, 0) is 11.2 Å². The first-order valence-electron chi connectivity index (χ1n) is 8.78. The summed E-state index contributed by atoms with van der Waals surface area (Å²) in [6, 6.07) is 9.96. The van der Waals surface area contributed by atoms with Crippen LogP contribution in [0.25, 0.3) is 0 Å². The van der Waals surface area contributed by atoms with E-state index < -0.39 is 0 Å². The van der Waals surface area contributed by atoms with E-state index in [-0.39, 0.29) is 30.2 Å². The van der Waals surface area contributed by atoms with Crippen LogP contribution in [0.2, 0.25) is 5.02 Å². The minimum absolute atomic E-state index is 0.0336. The summed E-state index contributed by atoms with van der Waals surface area (Å²) in [6.07, 6.45) is 1.45. The Balaban J connectivity index is 1.30. The van der Waals surface area contributed by atoms with E-state index in [1.165, 1.54) is 6.21 Å². The number of carbonyl (C=O) groups excluding carboxylic acids is 2. The predicted octanol–water partition coefficient (Wildman–Crippen LogP) is 3.63. The smallest absolute Gasteiger partial charge is 0.257 e. The number of hydrogen-bond acceptors (Lipinski definition) is 8. The van der Waals surface area contributed by atoms with Gasteiger partial charge in [0.25, 0.3) is 5.91 Å². The van der Waals surface area contributed by atoms with Gasteiger partial charge in [-0.25, -0.2) is 5.43 Å². The summed E-state index contributed by atoms with van der Waals surface area (Å²) in [5.41, 5.74) is 3.58. The maximum atomic E-state index is 12.2.